The van der Waals surface area contributed by atoms with E-state index in [2.05, 4.69) is 15.3 Å². The van der Waals surface area contributed by atoms with Crippen molar-refractivity contribution in [3.63, 3.8) is 0 Å². The zero-order valence-electron chi connectivity index (χ0n) is 11.1. The predicted molar refractivity (Wildman–Crippen MR) is 76.7 cm³/mol. The molecule has 1 aliphatic rings. The summed E-state index contributed by atoms with van der Waals surface area (Å²) in [6.07, 6.45) is 2.31. The SMILES string of the molecule is Cc1oc2ncnc(NCC3(O)CCSC3)c2c1C. The van der Waals surface area contributed by atoms with Crippen LogP contribution in [0.4, 0.5) is 5.82 Å². The summed E-state index contributed by atoms with van der Waals surface area (Å²) in [6.45, 7) is 4.42. The van der Waals surface area contributed by atoms with Crippen molar-refractivity contribution in [1.29, 1.82) is 0 Å². The summed E-state index contributed by atoms with van der Waals surface area (Å²) >= 11 is 1.79. The van der Waals surface area contributed by atoms with Gasteiger partial charge in [-0.15, -0.1) is 0 Å². The van der Waals surface area contributed by atoms with Crippen LogP contribution in [0.25, 0.3) is 11.1 Å². The molecule has 0 bridgehead atoms. The lowest BCUT2D eigenvalue weighted by atomic mass is 10.0. The molecule has 0 aliphatic carbocycles. The van der Waals surface area contributed by atoms with E-state index in [1.165, 1.54) is 6.33 Å². The zero-order valence-corrected chi connectivity index (χ0v) is 11.9. The summed E-state index contributed by atoms with van der Waals surface area (Å²) in [6, 6.07) is 0. The second-order valence-electron chi connectivity index (χ2n) is 5.07. The lowest BCUT2D eigenvalue weighted by Crippen LogP contribution is -2.36. The first-order valence-electron chi connectivity index (χ1n) is 6.34. The number of thioether (sulfide) groups is 1. The molecule has 0 amide bonds. The summed E-state index contributed by atoms with van der Waals surface area (Å²) in [5, 5.41) is 14.5. The maximum absolute atomic E-state index is 10.3. The number of nitrogens with zero attached hydrogens (tertiary/aromatic N) is 2. The first kappa shape index (κ1) is 12.7. The maximum atomic E-state index is 10.3. The first-order chi connectivity index (χ1) is 9.09. The number of fused-ring (bicyclic) bond motifs is 1. The van der Waals surface area contributed by atoms with Gasteiger partial charge in [-0.3, -0.25) is 0 Å². The van der Waals surface area contributed by atoms with E-state index in [0.29, 0.717) is 12.3 Å². The number of aryl methyl sites for hydroxylation is 2. The third-order valence-corrected chi connectivity index (χ3v) is 4.87. The van der Waals surface area contributed by atoms with E-state index < -0.39 is 5.60 Å². The molecular formula is C13H17N3O2S. The van der Waals surface area contributed by atoms with Crippen LogP contribution < -0.4 is 5.32 Å². The van der Waals surface area contributed by atoms with Crippen LogP contribution in [0.5, 0.6) is 0 Å². The number of furan rings is 1. The second kappa shape index (κ2) is 4.68. The summed E-state index contributed by atoms with van der Waals surface area (Å²) in [4.78, 5) is 8.41. The van der Waals surface area contributed by atoms with E-state index in [1.807, 2.05) is 13.8 Å². The molecule has 2 aromatic heterocycles. The second-order valence-corrected chi connectivity index (χ2v) is 6.17. The van der Waals surface area contributed by atoms with E-state index in [0.717, 1.165) is 40.5 Å². The van der Waals surface area contributed by atoms with Gasteiger partial charge in [0.05, 0.1) is 11.0 Å². The molecule has 0 radical (unpaired) electrons. The first-order valence-corrected chi connectivity index (χ1v) is 7.49. The van der Waals surface area contributed by atoms with Crippen molar-refractivity contribution < 1.29 is 9.52 Å². The Morgan fingerprint density at radius 1 is 1.47 bits per heavy atom. The van der Waals surface area contributed by atoms with Crippen LogP contribution in [-0.4, -0.2) is 38.7 Å². The van der Waals surface area contributed by atoms with Gasteiger partial charge in [0, 0.05) is 17.9 Å². The Bertz CT molecular complexity index is 605. The number of hydrogen-bond donors (Lipinski definition) is 2. The average Bonchev–Trinajstić information content (AvgIpc) is 2.94. The van der Waals surface area contributed by atoms with E-state index in [4.69, 9.17) is 4.42 Å². The Morgan fingerprint density at radius 2 is 2.32 bits per heavy atom. The molecule has 1 aliphatic heterocycles. The molecule has 1 fully saturated rings. The Kier molecular flexibility index (Phi) is 3.14. The van der Waals surface area contributed by atoms with Gasteiger partial charge in [-0.25, -0.2) is 9.97 Å². The minimum absolute atomic E-state index is 0.510. The molecule has 5 nitrogen and oxygen atoms in total. The molecule has 102 valence electrons. The van der Waals surface area contributed by atoms with Crippen molar-refractivity contribution in [2.45, 2.75) is 25.9 Å². The summed E-state index contributed by atoms with van der Waals surface area (Å²) in [5.74, 6) is 3.39. The highest BCUT2D eigenvalue weighted by atomic mass is 32.2. The number of hydrogen-bond acceptors (Lipinski definition) is 6. The van der Waals surface area contributed by atoms with Crippen molar-refractivity contribution in [3.8, 4) is 0 Å². The largest absolute Gasteiger partial charge is 0.443 e. The van der Waals surface area contributed by atoms with Crippen LogP contribution >= 0.6 is 11.8 Å². The van der Waals surface area contributed by atoms with Crippen LogP contribution in [0.1, 0.15) is 17.7 Å². The molecule has 1 saturated heterocycles. The molecule has 1 atom stereocenters. The van der Waals surface area contributed by atoms with E-state index in [1.54, 1.807) is 11.8 Å². The highest BCUT2D eigenvalue weighted by Crippen LogP contribution is 2.31. The monoisotopic (exact) mass is 279 g/mol. The number of rotatable bonds is 3. The fraction of sp³-hybridized carbons (Fsp3) is 0.538. The molecule has 1 unspecified atom stereocenters. The maximum Gasteiger partial charge on any atom is 0.231 e. The molecule has 0 saturated carbocycles. The van der Waals surface area contributed by atoms with E-state index in [-0.39, 0.29) is 0 Å². The van der Waals surface area contributed by atoms with Crippen LogP contribution in [0.15, 0.2) is 10.7 Å². The number of nitrogens with one attached hydrogen (secondary N) is 1. The van der Waals surface area contributed by atoms with Gasteiger partial charge in [-0.05, 0) is 26.0 Å². The third-order valence-electron chi connectivity index (χ3n) is 3.63. The lowest BCUT2D eigenvalue weighted by molar-refractivity contribution is 0.0819. The van der Waals surface area contributed by atoms with E-state index >= 15 is 0 Å². The van der Waals surface area contributed by atoms with E-state index in [9.17, 15) is 5.11 Å². The highest BCUT2D eigenvalue weighted by molar-refractivity contribution is 7.99. The average molecular weight is 279 g/mol. The van der Waals surface area contributed by atoms with Crippen molar-refractivity contribution in [3.05, 3.63) is 17.7 Å². The number of aliphatic hydroxyl groups is 1. The van der Waals surface area contributed by atoms with Gasteiger partial charge < -0.3 is 14.8 Å². The van der Waals surface area contributed by atoms with Gasteiger partial charge in [0.15, 0.2) is 0 Å². The zero-order chi connectivity index (χ0) is 13.5. The normalized spacial score (nSPS) is 23.1. The topological polar surface area (TPSA) is 71.2 Å². The van der Waals surface area contributed by atoms with Gasteiger partial charge in [0.25, 0.3) is 0 Å². The molecule has 0 aromatic carbocycles. The van der Waals surface area contributed by atoms with Gasteiger partial charge in [0.1, 0.15) is 17.9 Å². The molecule has 2 N–H and O–H groups in total. The van der Waals surface area contributed by atoms with Crippen LogP contribution in [0.3, 0.4) is 0 Å². The Balaban J connectivity index is 1.88. The summed E-state index contributed by atoms with van der Waals surface area (Å²) < 4.78 is 5.58. The van der Waals surface area contributed by atoms with Gasteiger partial charge in [-0.2, -0.15) is 11.8 Å². The standard InChI is InChI=1S/C13H17N3O2S/c1-8-9(2)18-12-10(8)11(15-7-16-12)14-5-13(17)3-4-19-6-13/h7,17H,3-6H2,1-2H3,(H,14,15,16). The Hall–Kier alpha value is -1.27. The van der Waals surface area contributed by atoms with Crippen molar-refractivity contribution >= 4 is 28.7 Å². The smallest absolute Gasteiger partial charge is 0.231 e. The minimum atomic E-state index is -0.630. The fourth-order valence-corrected chi connectivity index (χ4v) is 3.60. The van der Waals surface area contributed by atoms with Gasteiger partial charge in [0.2, 0.25) is 5.71 Å². The molecule has 19 heavy (non-hydrogen) atoms. The molecular weight excluding hydrogens is 262 g/mol. The Morgan fingerprint density at radius 3 is 3.05 bits per heavy atom. The van der Waals surface area contributed by atoms with Gasteiger partial charge >= 0.3 is 0 Å². The fourth-order valence-electron chi connectivity index (χ4n) is 2.30. The summed E-state index contributed by atoms with van der Waals surface area (Å²) in [7, 11) is 0. The van der Waals surface area contributed by atoms with Crippen LogP contribution in [-0.2, 0) is 0 Å². The van der Waals surface area contributed by atoms with Crippen molar-refractivity contribution in [1.82, 2.24) is 9.97 Å². The third kappa shape index (κ3) is 2.30. The predicted octanol–water partition coefficient (Wildman–Crippen LogP) is 2.12. The highest BCUT2D eigenvalue weighted by Gasteiger charge is 2.31. The van der Waals surface area contributed by atoms with Crippen LogP contribution in [0, 0.1) is 13.8 Å². The van der Waals surface area contributed by atoms with Crippen molar-refractivity contribution in [2.75, 3.05) is 23.4 Å². The number of aromatic nitrogens is 2. The molecule has 0 spiro atoms. The number of anilines is 1. The van der Waals surface area contributed by atoms with Crippen molar-refractivity contribution in [2.24, 2.45) is 0 Å². The summed E-state index contributed by atoms with van der Waals surface area (Å²) in [5.41, 5.74) is 1.01. The Labute approximate surface area is 115 Å². The molecule has 6 heteroatoms. The van der Waals surface area contributed by atoms with Crippen LogP contribution in [0.2, 0.25) is 0 Å². The molecule has 3 heterocycles. The van der Waals surface area contributed by atoms with Gasteiger partial charge in [-0.1, -0.05) is 0 Å². The molecule has 3 rings (SSSR count). The quantitative estimate of drug-likeness (QED) is 0.896. The lowest BCUT2D eigenvalue weighted by Gasteiger charge is -2.22. The molecule has 2 aromatic rings. The minimum Gasteiger partial charge on any atom is -0.443 e.